The summed E-state index contributed by atoms with van der Waals surface area (Å²) in [5, 5.41) is 4.36. The highest BCUT2D eigenvalue weighted by molar-refractivity contribution is 6.40. The first-order valence-corrected chi connectivity index (χ1v) is 5.02. The van der Waals surface area contributed by atoms with Gasteiger partial charge in [-0.1, -0.05) is 36.4 Å². The van der Waals surface area contributed by atoms with Crippen LogP contribution in [0.15, 0.2) is 42.5 Å². The first-order valence-electron chi connectivity index (χ1n) is 5.02. The fraction of sp³-hybridized carbons (Fsp3) is 0. The number of hydrazine groups is 1. The van der Waals surface area contributed by atoms with E-state index in [0.717, 1.165) is 10.8 Å². The van der Waals surface area contributed by atoms with E-state index in [1.807, 2.05) is 30.3 Å². The van der Waals surface area contributed by atoms with Gasteiger partial charge in [-0.15, -0.1) is 0 Å². The van der Waals surface area contributed by atoms with Gasteiger partial charge in [0, 0.05) is 11.1 Å². The molecule has 17 heavy (non-hydrogen) atoms. The summed E-state index contributed by atoms with van der Waals surface area (Å²) in [6.07, 6.45) is 0. The average molecular weight is 229 g/mol. The number of carbonyl (C=O) groups excluding carboxylic acids is 2. The first-order chi connectivity index (χ1) is 8.22. The van der Waals surface area contributed by atoms with Crippen molar-refractivity contribution in [2.45, 2.75) is 0 Å². The zero-order valence-corrected chi connectivity index (χ0v) is 8.94. The second-order valence-electron chi connectivity index (χ2n) is 3.45. The third-order valence-corrected chi connectivity index (χ3v) is 2.38. The van der Waals surface area contributed by atoms with Crippen LogP contribution in [-0.4, -0.2) is 11.8 Å². The summed E-state index contributed by atoms with van der Waals surface area (Å²) < 4.78 is 0. The monoisotopic (exact) mass is 229 g/mol. The molecule has 0 saturated heterocycles. The van der Waals surface area contributed by atoms with Crippen molar-refractivity contribution < 1.29 is 9.59 Å². The molecule has 0 atom stereocenters. The Labute approximate surface area is 97.6 Å². The predicted molar refractivity (Wildman–Crippen MR) is 64.9 cm³/mol. The Hall–Kier alpha value is -2.40. The first kappa shape index (κ1) is 11.1. The molecular formula is C12H11N3O2. The fourth-order valence-corrected chi connectivity index (χ4v) is 1.58. The Morgan fingerprint density at radius 2 is 1.65 bits per heavy atom. The van der Waals surface area contributed by atoms with E-state index >= 15 is 0 Å². The van der Waals surface area contributed by atoms with Gasteiger partial charge in [0.2, 0.25) is 0 Å². The molecule has 4 N–H and O–H groups in total. The number of benzene rings is 2. The summed E-state index contributed by atoms with van der Waals surface area (Å²) in [6, 6.07) is 13.0. The molecule has 0 aliphatic carbocycles. The molecule has 2 rings (SSSR count). The maximum absolute atomic E-state index is 11.4. The molecule has 0 bridgehead atoms. The van der Waals surface area contributed by atoms with Gasteiger partial charge in [-0.05, 0) is 11.5 Å². The van der Waals surface area contributed by atoms with Crippen molar-refractivity contribution in [1.29, 1.82) is 0 Å². The van der Waals surface area contributed by atoms with Gasteiger partial charge in [-0.25, -0.2) is 5.84 Å². The molecule has 2 aromatic rings. The summed E-state index contributed by atoms with van der Waals surface area (Å²) in [5.41, 5.74) is 2.36. The Balaban J connectivity index is 2.36. The van der Waals surface area contributed by atoms with Crippen LogP contribution in [0.3, 0.4) is 0 Å². The average Bonchev–Trinajstić information content (AvgIpc) is 2.38. The van der Waals surface area contributed by atoms with Crippen molar-refractivity contribution in [2.24, 2.45) is 5.84 Å². The summed E-state index contributed by atoms with van der Waals surface area (Å²) in [7, 11) is 0. The highest BCUT2D eigenvalue weighted by Crippen LogP contribution is 2.22. The number of nitrogens with two attached hydrogens (primary N) is 1. The standard InChI is InChI=1S/C12H11N3O2/c13-15-12(17)11(16)14-10-7-3-5-8-4-1-2-6-9(8)10/h1-7H,13H2,(H,14,16)(H,15,17). The van der Waals surface area contributed by atoms with E-state index in [1.165, 1.54) is 0 Å². The molecule has 0 aromatic heterocycles. The molecule has 2 amide bonds. The number of hydrogen-bond acceptors (Lipinski definition) is 3. The molecule has 5 heteroatoms. The van der Waals surface area contributed by atoms with Crippen LogP contribution in [-0.2, 0) is 9.59 Å². The second-order valence-corrected chi connectivity index (χ2v) is 3.45. The lowest BCUT2D eigenvalue weighted by Crippen LogP contribution is -2.39. The van der Waals surface area contributed by atoms with Gasteiger partial charge in [0.1, 0.15) is 0 Å². The molecule has 0 saturated carbocycles. The second kappa shape index (κ2) is 4.63. The highest BCUT2D eigenvalue weighted by Gasteiger charge is 2.12. The number of fused-ring (bicyclic) bond motifs is 1. The summed E-state index contributed by atoms with van der Waals surface area (Å²) >= 11 is 0. The van der Waals surface area contributed by atoms with Crippen molar-refractivity contribution in [3.8, 4) is 0 Å². The zero-order chi connectivity index (χ0) is 12.3. The van der Waals surface area contributed by atoms with Crippen LogP contribution >= 0.6 is 0 Å². The molecule has 86 valence electrons. The zero-order valence-electron chi connectivity index (χ0n) is 8.94. The van der Waals surface area contributed by atoms with E-state index in [-0.39, 0.29) is 0 Å². The number of rotatable bonds is 1. The highest BCUT2D eigenvalue weighted by atomic mass is 16.2. The molecule has 0 spiro atoms. The van der Waals surface area contributed by atoms with Crippen LogP contribution in [0.2, 0.25) is 0 Å². The molecule has 2 aromatic carbocycles. The molecule has 0 radical (unpaired) electrons. The number of hydrogen-bond donors (Lipinski definition) is 3. The quantitative estimate of drug-likeness (QED) is 0.292. The predicted octanol–water partition coefficient (Wildman–Crippen LogP) is 0.768. The molecule has 0 heterocycles. The maximum atomic E-state index is 11.4. The van der Waals surface area contributed by atoms with Crippen LogP contribution in [0.1, 0.15) is 0 Å². The van der Waals surface area contributed by atoms with E-state index in [2.05, 4.69) is 5.32 Å². The molecule has 0 fully saturated rings. The number of amides is 2. The summed E-state index contributed by atoms with van der Waals surface area (Å²) in [4.78, 5) is 22.4. The molecule has 0 aliphatic rings. The van der Waals surface area contributed by atoms with Crippen LogP contribution < -0.4 is 16.6 Å². The SMILES string of the molecule is NNC(=O)C(=O)Nc1cccc2ccccc12. The van der Waals surface area contributed by atoms with E-state index in [1.54, 1.807) is 17.6 Å². The minimum atomic E-state index is -0.877. The Bertz CT molecular complexity index is 575. The van der Waals surface area contributed by atoms with Gasteiger partial charge in [-0.2, -0.15) is 0 Å². The van der Waals surface area contributed by atoms with Crippen LogP contribution in [0, 0.1) is 0 Å². The third kappa shape index (κ3) is 2.24. The lowest BCUT2D eigenvalue weighted by Gasteiger charge is -2.07. The van der Waals surface area contributed by atoms with Gasteiger partial charge in [0.05, 0.1) is 0 Å². The van der Waals surface area contributed by atoms with Crippen molar-refractivity contribution in [2.75, 3.05) is 5.32 Å². The van der Waals surface area contributed by atoms with Gasteiger partial charge < -0.3 is 5.32 Å². The van der Waals surface area contributed by atoms with Crippen LogP contribution in [0.5, 0.6) is 0 Å². The summed E-state index contributed by atoms with van der Waals surface area (Å²) in [6.45, 7) is 0. The molecular weight excluding hydrogens is 218 g/mol. The van der Waals surface area contributed by atoms with E-state index in [0.29, 0.717) is 5.69 Å². The molecule has 5 nitrogen and oxygen atoms in total. The molecule has 0 aliphatic heterocycles. The largest absolute Gasteiger partial charge is 0.323 e. The molecule has 0 unspecified atom stereocenters. The van der Waals surface area contributed by atoms with Crippen LogP contribution in [0.4, 0.5) is 5.69 Å². The van der Waals surface area contributed by atoms with Crippen molar-refractivity contribution >= 4 is 28.3 Å². The van der Waals surface area contributed by atoms with Crippen molar-refractivity contribution in [3.05, 3.63) is 42.5 Å². The van der Waals surface area contributed by atoms with Crippen LogP contribution in [0.25, 0.3) is 10.8 Å². The van der Waals surface area contributed by atoms with E-state index < -0.39 is 11.8 Å². The lowest BCUT2D eigenvalue weighted by molar-refractivity contribution is -0.136. The Kier molecular flexibility index (Phi) is 3.02. The normalized spacial score (nSPS) is 9.94. The van der Waals surface area contributed by atoms with Gasteiger partial charge in [0.15, 0.2) is 0 Å². The Morgan fingerprint density at radius 1 is 0.941 bits per heavy atom. The van der Waals surface area contributed by atoms with Gasteiger partial charge in [0.25, 0.3) is 0 Å². The number of nitrogens with one attached hydrogen (secondary N) is 2. The number of carbonyl (C=O) groups is 2. The van der Waals surface area contributed by atoms with Gasteiger partial charge in [-0.3, -0.25) is 15.0 Å². The maximum Gasteiger partial charge on any atom is 0.323 e. The smallest absolute Gasteiger partial charge is 0.317 e. The van der Waals surface area contributed by atoms with Crippen molar-refractivity contribution in [3.63, 3.8) is 0 Å². The minimum Gasteiger partial charge on any atom is -0.317 e. The fourth-order valence-electron chi connectivity index (χ4n) is 1.58. The topological polar surface area (TPSA) is 84.2 Å². The van der Waals surface area contributed by atoms with Crippen molar-refractivity contribution in [1.82, 2.24) is 5.43 Å². The summed E-state index contributed by atoms with van der Waals surface area (Å²) in [5.74, 6) is 3.21. The minimum absolute atomic E-state index is 0.580. The van der Waals surface area contributed by atoms with E-state index in [9.17, 15) is 9.59 Å². The number of anilines is 1. The van der Waals surface area contributed by atoms with Gasteiger partial charge >= 0.3 is 11.8 Å². The lowest BCUT2D eigenvalue weighted by atomic mass is 10.1. The third-order valence-electron chi connectivity index (χ3n) is 2.38. The Morgan fingerprint density at radius 3 is 2.41 bits per heavy atom. The van der Waals surface area contributed by atoms with E-state index in [4.69, 9.17) is 5.84 Å².